The second kappa shape index (κ2) is 11.5. The molecule has 2 fully saturated rings. The minimum absolute atomic E-state index is 0.185. The summed E-state index contributed by atoms with van der Waals surface area (Å²) in [5.74, 6) is 0.819. The van der Waals surface area contributed by atoms with Gasteiger partial charge in [0, 0.05) is 33.3 Å². The molecule has 0 radical (unpaired) electrons. The number of allylic oxidation sites excluding steroid dienone is 1. The number of nitrogens with zero attached hydrogens (tertiary/aromatic N) is 3. The zero-order valence-corrected chi connectivity index (χ0v) is 26.3. The summed E-state index contributed by atoms with van der Waals surface area (Å²) >= 11 is 0. The Bertz CT molecular complexity index is 1840. The van der Waals surface area contributed by atoms with Crippen molar-refractivity contribution in [1.29, 1.82) is 0 Å². The van der Waals surface area contributed by atoms with E-state index in [-0.39, 0.29) is 11.2 Å². The van der Waals surface area contributed by atoms with E-state index in [1.54, 1.807) is 13.4 Å². The van der Waals surface area contributed by atoms with E-state index in [4.69, 9.17) is 4.74 Å². The lowest BCUT2D eigenvalue weighted by Crippen LogP contribution is -2.30. The standard InChI is InChI=1S/C35H38N4O4S/c1-21(2)44(42)37-35(41)23-9-13-29-31(17-23)38-18-25(33-30(19-40)36-20-39(33)26-10-11-26)15-24-16-27(43-3)12-14-28(24)34(38)32(29)22-7-5-4-6-8-22/h9,12-17,19-22,26H,4-8,10-11,18H2,1-3H3,(H,37,41). The summed E-state index contributed by atoms with van der Waals surface area (Å²) in [6.07, 6.45) is 12.9. The van der Waals surface area contributed by atoms with Crippen LogP contribution in [0.15, 0.2) is 42.7 Å². The molecule has 1 aliphatic heterocycles. The van der Waals surface area contributed by atoms with E-state index >= 15 is 0 Å². The van der Waals surface area contributed by atoms with Crippen LogP contribution < -0.4 is 9.46 Å². The fourth-order valence-electron chi connectivity index (χ4n) is 7.02. The largest absolute Gasteiger partial charge is 0.497 e. The molecule has 1 unspecified atom stereocenters. The average Bonchev–Trinajstić information content (AvgIpc) is 3.75. The molecule has 3 aliphatic rings. The Labute approximate surface area is 260 Å². The van der Waals surface area contributed by atoms with Crippen molar-refractivity contribution in [2.24, 2.45) is 0 Å². The Morgan fingerprint density at radius 1 is 1.07 bits per heavy atom. The molecule has 1 amide bonds. The summed E-state index contributed by atoms with van der Waals surface area (Å²) in [4.78, 5) is 30.1. The molecule has 8 nitrogen and oxygen atoms in total. The lowest BCUT2D eigenvalue weighted by molar-refractivity contribution is 0.0982. The highest BCUT2D eigenvalue weighted by Crippen LogP contribution is 2.48. The van der Waals surface area contributed by atoms with E-state index in [0.29, 0.717) is 29.8 Å². The number of rotatable bonds is 8. The first-order valence-electron chi connectivity index (χ1n) is 15.7. The summed E-state index contributed by atoms with van der Waals surface area (Å²) in [6.45, 7) is 4.16. The second-order valence-electron chi connectivity index (χ2n) is 12.6. The Morgan fingerprint density at radius 2 is 1.86 bits per heavy atom. The Morgan fingerprint density at radius 3 is 2.57 bits per heavy atom. The predicted molar refractivity (Wildman–Crippen MR) is 174 cm³/mol. The van der Waals surface area contributed by atoms with Gasteiger partial charge in [0.2, 0.25) is 0 Å². The second-order valence-corrected chi connectivity index (χ2v) is 14.3. The van der Waals surface area contributed by atoms with E-state index < -0.39 is 11.0 Å². The molecule has 1 N–H and O–H groups in total. The summed E-state index contributed by atoms with van der Waals surface area (Å²) < 4.78 is 25.3. The van der Waals surface area contributed by atoms with Crippen molar-refractivity contribution in [2.75, 3.05) is 7.11 Å². The number of hydrogen-bond donors (Lipinski definition) is 1. The fraction of sp³-hybridized carbons (Fsp3) is 0.400. The van der Waals surface area contributed by atoms with Gasteiger partial charge in [0.15, 0.2) is 6.29 Å². The molecule has 4 aromatic rings. The molecule has 7 rings (SSSR count). The third-order valence-corrected chi connectivity index (χ3v) is 10.6. The van der Waals surface area contributed by atoms with Gasteiger partial charge in [-0.15, -0.1) is 0 Å². The number of ether oxygens (including phenoxy) is 1. The first-order chi connectivity index (χ1) is 21.4. The molecule has 2 aliphatic carbocycles. The number of carbonyl (C=O) groups excluding carboxylic acids is 2. The smallest absolute Gasteiger partial charge is 0.263 e. The Hall–Kier alpha value is -3.98. The van der Waals surface area contributed by atoms with Gasteiger partial charge < -0.3 is 13.9 Å². The first-order valence-corrected chi connectivity index (χ1v) is 16.9. The topological polar surface area (TPSA) is 95.2 Å². The number of carbonyl (C=O) groups is 2. The monoisotopic (exact) mass is 610 g/mol. The van der Waals surface area contributed by atoms with Crippen LogP contribution in [0.3, 0.4) is 0 Å². The summed E-state index contributed by atoms with van der Waals surface area (Å²) in [6, 6.07) is 12.5. The number of methoxy groups -OCH3 is 1. The van der Waals surface area contributed by atoms with Crippen molar-refractivity contribution in [1.82, 2.24) is 18.8 Å². The van der Waals surface area contributed by atoms with E-state index in [2.05, 4.69) is 43.1 Å². The van der Waals surface area contributed by atoms with E-state index in [0.717, 1.165) is 76.7 Å². The number of nitrogens with one attached hydrogen (secondary N) is 1. The van der Waals surface area contributed by atoms with Gasteiger partial charge in [0.1, 0.15) is 22.4 Å². The van der Waals surface area contributed by atoms with Gasteiger partial charge in [-0.3, -0.25) is 14.3 Å². The van der Waals surface area contributed by atoms with Gasteiger partial charge in [-0.2, -0.15) is 0 Å². The van der Waals surface area contributed by atoms with Crippen LogP contribution in [0.2, 0.25) is 0 Å². The maximum absolute atomic E-state index is 13.3. The van der Waals surface area contributed by atoms with E-state index in [1.165, 1.54) is 24.8 Å². The number of hydrogen-bond acceptors (Lipinski definition) is 5. The molecule has 44 heavy (non-hydrogen) atoms. The highest BCUT2D eigenvalue weighted by molar-refractivity contribution is 7.84. The predicted octanol–water partition coefficient (Wildman–Crippen LogP) is 7.06. The van der Waals surface area contributed by atoms with Crippen LogP contribution in [0.1, 0.15) is 108 Å². The molecule has 2 aromatic carbocycles. The van der Waals surface area contributed by atoms with Crippen LogP contribution in [-0.2, 0) is 17.5 Å². The quantitative estimate of drug-likeness (QED) is 0.216. The molecular weight excluding hydrogens is 572 g/mol. The molecule has 2 saturated carbocycles. The maximum Gasteiger partial charge on any atom is 0.263 e. The molecule has 0 saturated heterocycles. The third kappa shape index (κ3) is 5.01. The SMILES string of the molecule is COc1ccc2c(c1)C=C(c1c(C=O)ncn1C1CC1)Cn1c-2c(C2CCCCC2)c2ccc(C(=O)NS(=O)C(C)C)cc21. The molecule has 0 bridgehead atoms. The number of benzene rings is 2. The van der Waals surface area contributed by atoms with Gasteiger partial charge in [-0.05, 0) is 98.6 Å². The average molecular weight is 611 g/mol. The zero-order valence-electron chi connectivity index (χ0n) is 25.5. The van der Waals surface area contributed by atoms with Crippen molar-refractivity contribution in [3.05, 3.63) is 70.8 Å². The zero-order chi connectivity index (χ0) is 30.5. The lowest BCUT2D eigenvalue weighted by Gasteiger charge is -2.24. The molecule has 228 valence electrons. The van der Waals surface area contributed by atoms with Crippen LogP contribution in [0, 0.1) is 0 Å². The lowest BCUT2D eigenvalue weighted by atomic mass is 9.81. The van der Waals surface area contributed by atoms with Gasteiger partial charge in [0.05, 0.1) is 31.4 Å². The molecule has 2 aromatic heterocycles. The minimum atomic E-state index is -1.47. The van der Waals surface area contributed by atoms with E-state index in [1.807, 2.05) is 32.0 Å². The summed E-state index contributed by atoms with van der Waals surface area (Å²) in [7, 11) is 0.206. The molecule has 3 heterocycles. The normalized spacial score (nSPS) is 17.5. The minimum Gasteiger partial charge on any atom is -0.497 e. The third-order valence-electron chi connectivity index (χ3n) is 9.35. The van der Waals surface area contributed by atoms with Crippen molar-refractivity contribution in [2.45, 2.75) is 82.5 Å². The van der Waals surface area contributed by atoms with Gasteiger partial charge in [0.25, 0.3) is 5.91 Å². The van der Waals surface area contributed by atoms with Crippen molar-refractivity contribution >= 4 is 45.7 Å². The van der Waals surface area contributed by atoms with Crippen molar-refractivity contribution < 1.29 is 18.5 Å². The fourth-order valence-corrected chi connectivity index (χ4v) is 7.55. The summed E-state index contributed by atoms with van der Waals surface area (Å²) in [5.41, 5.74) is 8.34. The van der Waals surface area contributed by atoms with Crippen LogP contribution in [-0.4, -0.2) is 42.9 Å². The number of aromatic nitrogens is 3. The van der Waals surface area contributed by atoms with Gasteiger partial charge in [-0.25, -0.2) is 9.19 Å². The Balaban J connectivity index is 1.49. The number of imidazole rings is 1. The molecular formula is C35H38N4O4S. The number of aldehydes is 1. The number of fused-ring (bicyclic) bond motifs is 5. The van der Waals surface area contributed by atoms with Crippen molar-refractivity contribution in [3.8, 4) is 17.0 Å². The van der Waals surface area contributed by atoms with Crippen molar-refractivity contribution in [3.63, 3.8) is 0 Å². The highest BCUT2D eigenvalue weighted by atomic mass is 32.2. The molecule has 0 spiro atoms. The number of amides is 1. The molecule has 9 heteroatoms. The van der Waals surface area contributed by atoms with Gasteiger partial charge in [-0.1, -0.05) is 25.3 Å². The summed E-state index contributed by atoms with van der Waals surface area (Å²) in [5, 5.41) is 0.956. The van der Waals surface area contributed by atoms with Crippen LogP contribution in [0.25, 0.3) is 33.8 Å². The van der Waals surface area contributed by atoms with Crippen LogP contribution in [0.4, 0.5) is 0 Å². The van der Waals surface area contributed by atoms with E-state index in [9.17, 15) is 13.8 Å². The molecule has 1 atom stereocenters. The maximum atomic E-state index is 13.3. The Kier molecular flexibility index (Phi) is 7.52. The highest BCUT2D eigenvalue weighted by Gasteiger charge is 2.33. The van der Waals surface area contributed by atoms with Crippen LogP contribution >= 0.6 is 0 Å². The van der Waals surface area contributed by atoms with Crippen LogP contribution in [0.5, 0.6) is 5.75 Å². The van der Waals surface area contributed by atoms with Gasteiger partial charge >= 0.3 is 0 Å². The first kappa shape index (κ1) is 28.8.